The van der Waals surface area contributed by atoms with E-state index in [0.29, 0.717) is 40.0 Å². The molecule has 5 rings (SSSR count). The Morgan fingerprint density at radius 3 is 2.22 bits per heavy atom. The van der Waals surface area contributed by atoms with E-state index in [1.54, 1.807) is 0 Å². The number of rotatable bonds is 8. The number of pyridine rings is 1. The van der Waals surface area contributed by atoms with Gasteiger partial charge in [-0.1, -0.05) is 64.5 Å². The molecule has 0 spiro atoms. The van der Waals surface area contributed by atoms with Gasteiger partial charge in [-0.15, -0.1) is 0 Å². The number of nitrogens with zero attached hydrogens (tertiary/aromatic N) is 1. The van der Waals surface area contributed by atoms with Crippen molar-refractivity contribution in [3.05, 3.63) is 123 Å². The fraction of sp³-hybridized carbons (Fsp3) is 0.147. The number of hydrogen-bond donors (Lipinski definition) is 1. The van der Waals surface area contributed by atoms with Gasteiger partial charge < -0.3 is 14.8 Å². The number of para-hydroxylation sites is 1. The molecule has 0 saturated carbocycles. The highest BCUT2D eigenvalue weighted by molar-refractivity contribution is 9.10. The van der Waals surface area contributed by atoms with Gasteiger partial charge in [0.05, 0.1) is 16.8 Å². The van der Waals surface area contributed by atoms with Gasteiger partial charge in [0.25, 0.3) is 5.91 Å². The van der Waals surface area contributed by atoms with Crippen molar-refractivity contribution in [2.24, 2.45) is 0 Å². The van der Waals surface area contributed by atoms with Gasteiger partial charge in [0, 0.05) is 21.1 Å². The van der Waals surface area contributed by atoms with Crippen LogP contribution in [0.15, 0.2) is 95.5 Å². The van der Waals surface area contributed by atoms with Crippen molar-refractivity contribution in [1.29, 1.82) is 0 Å². The normalized spacial score (nSPS) is 10.8. The van der Waals surface area contributed by atoms with Crippen molar-refractivity contribution in [2.45, 2.75) is 27.4 Å². The van der Waals surface area contributed by atoms with Gasteiger partial charge in [-0.05, 0) is 85.5 Å². The van der Waals surface area contributed by atoms with Gasteiger partial charge in [0.15, 0.2) is 6.61 Å². The molecule has 7 heteroatoms. The number of aryl methyl sites for hydroxylation is 2. The van der Waals surface area contributed by atoms with Crippen LogP contribution in [0, 0.1) is 20.8 Å². The van der Waals surface area contributed by atoms with E-state index in [-0.39, 0.29) is 0 Å². The van der Waals surface area contributed by atoms with Crippen LogP contribution in [0.2, 0.25) is 0 Å². The number of carbonyl (C=O) groups excluding carboxylic acids is 2. The van der Waals surface area contributed by atoms with Gasteiger partial charge in [-0.2, -0.15) is 0 Å². The van der Waals surface area contributed by atoms with Crippen LogP contribution in [0.5, 0.6) is 5.75 Å². The Labute approximate surface area is 247 Å². The molecule has 0 aliphatic heterocycles. The molecule has 0 radical (unpaired) electrons. The summed E-state index contributed by atoms with van der Waals surface area (Å²) in [6, 6.07) is 28.8. The summed E-state index contributed by atoms with van der Waals surface area (Å²) in [4.78, 5) is 30.9. The Balaban J connectivity index is 1.35. The van der Waals surface area contributed by atoms with Gasteiger partial charge in [0.2, 0.25) is 0 Å². The van der Waals surface area contributed by atoms with Crippen LogP contribution >= 0.6 is 15.9 Å². The molecule has 0 atom stereocenters. The van der Waals surface area contributed by atoms with Crippen molar-refractivity contribution >= 4 is 44.4 Å². The molecule has 1 aromatic heterocycles. The van der Waals surface area contributed by atoms with Crippen molar-refractivity contribution in [1.82, 2.24) is 4.98 Å². The molecule has 0 unspecified atom stereocenters. The van der Waals surface area contributed by atoms with E-state index in [9.17, 15) is 9.59 Å². The molecule has 0 aliphatic carbocycles. The standard InChI is InChI=1S/C34H29BrN2O4/c1-21-17-26(18-22(2)32(21)35)36-30(38)20-41-34(39)31-23(3)33(37-29-12-8-7-11-28(29)31)25-13-15-27(16-14-25)40-19-24-9-5-4-6-10-24/h4-18H,19-20H2,1-3H3,(H,36,38). The number of benzene rings is 4. The van der Waals surface area contributed by atoms with Gasteiger partial charge >= 0.3 is 5.97 Å². The van der Waals surface area contributed by atoms with Crippen LogP contribution in [0.25, 0.3) is 22.2 Å². The predicted octanol–water partition coefficient (Wildman–Crippen LogP) is 7.96. The number of aromatic nitrogens is 1. The molecule has 0 aliphatic rings. The first kappa shape index (κ1) is 28.1. The Hall–Kier alpha value is -4.49. The molecule has 0 fully saturated rings. The summed E-state index contributed by atoms with van der Waals surface area (Å²) in [5.41, 5.74) is 6.96. The molecule has 1 amide bonds. The zero-order valence-corrected chi connectivity index (χ0v) is 24.6. The summed E-state index contributed by atoms with van der Waals surface area (Å²) in [7, 11) is 0. The molecule has 5 aromatic rings. The fourth-order valence-electron chi connectivity index (χ4n) is 4.72. The zero-order chi connectivity index (χ0) is 28.9. The van der Waals surface area contributed by atoms with E-state index in [1.165, 1.54) is 0 Å². The minimum atomic E-state index is -0.580. The van der Waals surface area contributed by atoms with Crippen molar-refractivity contribution in [3.8, 4) is 17.0 Å². The SMILES string of the molecule is Cc1cc(NC(=O)COC(=O)c2c(C)c(-c3ccc(OCc4ccccc4)cc3)nc3ccccc23)cc(C)c1Br. The number of nitrogens with one attached hydrogen (secondary N) is 1. The van der Waals surface area contributed by atoms with Gasteiger partial charge in [0.1, 0.15) is 12.4 Å². The number of fused-ring (bicyclic) bond motifs is 1. The summed E-state index contributed by atoms with van der Waals surface area (Å²) >= 11 is 3.53. The molecule has 206 valence electrons. The number of carbonyl (C=O) groups is 2. The van der Waals surface area contributed by atoms with E-state index in [4.69, 9.17) is 14.5 Å². The van der Waals surface area contributed by atoms with E-state index in [2.05, 4.69) is 21.2 Å². The smallest absolute Gasteiger partial charge is 0.339 e. The van der Waals surface area contributed by atoms with Crippen LogP contribution in [-0.4, -0.2) is 23.5 Å². The summed E-state index contributed by atoms with van der Waals surface area (Å²) in [6.07, 6.45) is 0. The van der Waals surface area contributed by atoms with Gasteiger partial charge in [-0.3, -0.25) is 4.79 Å². The third-order valence-corrected chi connectivity index (χ3v) is 8.02. The average molecular weight is 610 g/mol. The summed E-state index contributed by atoms with van der Waals surface area (Å²) < 4.78 is 12.4. The second kappa shape index (κ2) is 12.4. The average Bonchev–Trinajstić information content (AvgIpc) is 2.98. The minimum absolute atomic E-state index is 0.387. The van der Waals surface area contributed by atoms with Crippen LogP contribution in [0.4, 0.5) is 5.69 Å². The molecule has 1 N–H and O–H groups in total. The Bertz CT molecular complexity index is 1710. The first-order valence-corrected chi connectivity index (χ1v) is 14.0. The van der Waals surface area contributed by atoms with Crippen molar-refractivity contribution in [3.63, 3.8) is 0 Å². The Morgan fingerprint density at radius 2 is 1.51 bits per heavy atom. The zero-order valence-electron chi connectivity index (χ0n) is 23.0. The molecule has 0 saturated heterocycles. The second-order valence-corrected chi connectivity index (χ2v) is 10.6. The minimum Gasteiger partial charge on any atom is -0.489 e. The Morgan fingerprint density at radius 1 is 0.854 bits per heavy atom. The molecule has 4 aromatic carbocycles. The topological polar surface area (TPSA) is 77.5 Å². The molecular weight excluding hydrogens is 580 g/mol. The summed E-state index contributed by atoms with van der Waals surface area (Å²) in [5, 5.41) is 3.48. The van der Waals surface area contributed by atoms with Crippen molar-refractivity contribution < 1.29 is 19.1 Å². The number of esters is 1. The third kappa shape index (κ3) is 6.47. The lowest BCUT2D eigenvalue weighted by molar-refractivity contribution is -0.119. The van der Waals surface area contributed by atoms with Crippen LogP contribution in [-0.2, 0) is 16.1 Å². The molecule has 6 nitrogen and oxygen atoms in total. The molecule has 0 bridgehead atoms. The summed E-state index contributed by atoms with van der Waals surface area (Å²) in [5.74, 6) is -0.261. The quantitative estimate of drug-likeness (QED) is 0.181. The van der Waals surface area contributed by atoms with E-state index < -0.39 is 18.5 Å². The second-order valence-electron chi connectivity index (χ2n) is 9.82. The van der Waals surface area contributed by atoms with Crippen LogP contribution < -0.4 is 10.1 Å². The van der Waals surface area contributed by atoms with E-state index in [0.717, 1.165) is 32.5 Å². The molecular formula is C34H29BrN2O4. The number of hydrogen-bond acceptors (Lipinski definition) is 5. The maximum atomic E-state index is 13.4. The largest absolute Gasteiger partial charge is 0.489 e. The fourth-order valence-corrected chi connectivity index (χ4v) is 4.95. The number of halogens is 1. The predicted molar refractivity (Wildman–Crippen MR) is 165 cm³/mol. The lowest BCUT2D eigenvalue weighted by atomic mass is 9.97. The van der Waals surface area contributed by atoms with Crippen LogP contribution in [0.3, 0.4) is 0 Å². The van der Waals surface area contributed by atoms with E-state index in [1.807, 2.05) is 112 Å². The number of anilines is 1. The monoisotopic (exact) mass is 608 g/mol. The highest BCUT2D eigenvalue weighted by Gasteiger charge is 2.21. The Kier molecular flexibility index (Phi) is 8.45. The maximum Gasteiger partial charge on any atom is 0.339 e. The lowest BCUT2D eigenvalue weighted by Crippen LogP contribution is -2.21. The van der Waals surface area contributed by atoms with Gasteiger partial charge in [-0.25, -0.2) is 9.78 Å². The highest BCUT2D eigenvalue weighted by atomic mass is 79.9. The molecule has 41 heavy (non-hydrogen) atoms. The van der Waals surface area contributed by atoms with E-state index >= 15 is 0 Å². The number of amides is 1. The highest BCUT2D eigenvalue weighted by Crippen LogP contribution is 2.31. The first-order chi connectivity index (χ1) is 19.8. The molecule has 1 heterocycles. The first-order valence-electron chi connectivity index (χ1n) is 13.2. The lowest BCUT2D eigenvalue weighted by Gasteiger charge is -2.15. The third-order valence-electron chi connectivity index (χ3n) is 6.77. The van der Waals surface area contributed by atoms with Crippen LogP contribution in [0.1, 0.15) is 32.6 Å². The summed E-state index contributed by atoms with van der Waals surface area (Å²) in [6.45, 7) is 5.81. The number of ether oxygens (including phenoxy) is 2. The maximum absolute atomic E-state index is 13.4. The van der Waals surface area contributed by atoms with Crippen molar-refractivity contribution in [2.75, 3.05) is 11.9 Å².